The summed E-state index contributed by atoms with van der Waals surface area (Å²) in [6.45, 7) is 3.54. The Morgan fingerprint density at radius 2 is 2.06 bits per heavy atom. The lowest BCUT2D eigenvalue weighted by Gasteiger charge is -2.26. The van der Waals surface area contributed by atoms with Crippen molar-refractivity contribution in [1.82, 2.24) is 34.5 Å². The third kappa shape index (κ3) is 3.56. The number of benzene rings is 1. The first-order valence-electron chi connectivity index (χ1n) is 11.4. The molecule has 2 aliphatic heterocycles. The largest absolute Gasteiger partial charge is 0.457 e. The number of pyridine rings is 1. The standard InChI is InChI=1S/C24H21N9O2/c1-14-6-15(2-3-20(14)35-17-4-5-33-21(8-17)27-13-29-33)30-23-22-19(26-12-28-23)9-25-24(31-22)32-10-18-7-16(32)11-34-18/h2-6,8-9,12-13,16,18H,7,10-11H2,1H3,(H,26,28,30)/t16-,18-/m1/s1. The number of aryl methyl sites for hydroxylation is 1. The fourth-order valence-corrected chi connectivity index (χ4v) is 4.68. The number of hydrogen-bond donors (Lipinski definition) is 1. The van der Waals surface area contributed by atoms with Crippen LogP contribution in [0.3, 0.4) is 0 Å². The van der Waals surface area contributed by atoms with Gasteiger partial charge in [-0.05, 0) is 43.2 Å². The van der Waals surface area contributed by atoms with Crippen LogP contribution in [-0.2, 0) is 4.74 Å². The van der Waals surface area contributed by atoms with Crippen LogP contribution in [0.1, 0.15) is 12.0 Å². The number of morpholine rings is 1. The zero-order valence-corrected chi connectivity index (χ0v) is 18.9. The monoisotopic (exact) mass is 467 g/mol. The third-order valence-electron chi connectivity index (χ3n) is 6.44. The number of aromatic nitrogens is 7. The van der Waals surface area contributed by atoms with Crippen molar-refractivity contribution >= 4 is 34.1 Å². The van der Waals surface area contributed by atoms with Crippen LogP contribution in [0.15, 0.2) is 55.4 Å². The van der Waals surface area contributed by atoms with E-state index < -0.39 is 0 Å². The molecule has 0 aliphatic carbocycles. The highest BCUT2D eigenvalue weighted by Gasteiger charge is 2.40. The van der Waals surface area contributed by atoms with Gasteiger partial charge in [-0.3, -0.25) is 0 Å². The Morgan fingerprint density at radius 3 is 2.91 bits per heavy atom. The van der Waals surface area contributed by atoms with E-state index in [9.17, 15) is 0 Å². The normalized spacial score (nSPS) is 19.1. The molecule has 0 unspecified atom stereocenters. The van der Waals surface area contributed by atoms with Crippen LogP contribution in [0.25, 0.3) is 16.7 Å². The van der Waals surface area contributed by atoms with E-state index in [4.69, 9.17) is 14.5 Å². The SMILES string of the molecule is Cc1cc(Nc2ncnc3cnc(N4C[C@H]5C[C@@H]4CO5)nc23)ccc1Oc1ccn2ncnc2c1. The summed E-state index contributed by atoms with van der Waals surface area (Å²) in [5.41, 5.74) is 3.94. The maximum atomic E-state index is 6.09. The highest BCUT2D eigenvalue weighted by atomic mass is 16.5. The first kappa shape index (κ1) is 20.0. The lowest BCUT2D eigenvalue weighted by atomic mass is 10.2. The molecule has 2 bridgehead atoms. The van der Waals surface area contributed by atoms with Gasteiger partial charge in [0.05, 0.1) is 24.9 Å². The van der Waals surface area contributed by atoms with Gasteiger partial charge in [-0.2, -0.15) is 5.10 Å². The number of ether oxygens (including phenoxy) is 2. The van der Waals surface area contributed by atoms with E-state index in [0.717, 1.165) is 42.2 Å². The smallest absolute Gasteiger partial charge is 0.226 e. The summed E-state index contributed by atoms with van der Waals surface area (Å²) >= 11 is 0. The van der Waals surface area contributed by atoms with Crippen molar-refractivity contribution in [3.05, 3.63) is 60.9 Å². The Bertz CT molecular complexity index is 1570. The number of rotatable bonds is 5. The minimum atomic E-state index is 0.269. The van der Waals surface area contributed by atoms with Crippen molar-refractivity contribution < 1.29 is 9.47 Å². The van der Waals surface area contributed by atoms with E-state index in [0.29, 0.717) is 34.6 Å². The average Bonchev–Trinajstić information content (AvgIpc) is 3.63. The summed E-state index contributed by atoms with van der Waals surface area (Å²) in [6.07, 6.45) is 7.90. The average molecular weight is 467 g/mol. The van der Waals surface area contributed by atoms with E-state index in [1.165, 1.54) is 12.7 Å². The molecule has 1 aromatic carbocycles. The molecule has 0 amide bonds. The Labute approximate surface area is 199 Å². The zero-order chi connectivity index (χ0) is 23.4. The molecule has 1 N–H and O–H groups in total. The Kier molecular flexibility index (Phi) is 4.49. The van der Waals surface area contributed by atoms with Crippen molar-refractivity contribution in [2.75, 3.05) is 23.4 Å². The highest BCUT2D eigenvalue weighted by molar-refractivity contribution is 5.87. The van der Waals surface area contributed by atoms with Crippen molar-refractivity contribution in [3.8, 4) is 11.5 Å². The van der Waals surface area contributed by atoms with Crippen molar-refractivity contribution in [3.63, 3.8) is 0 Å². The molecule has 2 fully saturated rings. The molecule has 0 saturated carbocycles. The fourth-order valence-electron chi connectivity index (χ4n) is 4.68. The Balaban J connectivity index is 1.15. The summed E-state index contributed by atoms with van der Waals surface area (Å²) in [6, 6.07) is 9.93. The Hall–Kier alpha value is -4.38. The first-order valence-corrected chi connectivity index (χ1v) is 11.4. The maximum Gasteiger partial charge on any atom is 0.226 e. The summed E-state index contributed by atoms with van der Waals surface area (Å²) in [7, 11) is 0. The second kappa shape index (κ2) is 7.84. The highest BCUT2D eigenvalue weighted by Crippen LogP contribution is 2.33. The van der Waals surface area contributed by atoms with Crippen LogP contribution in [0.5, 0.6) is 11.5 Å². The molecule has 11 heteroatoms. The van der Waals surface area contributed by atoms with Crippen molar-refractivity contribution in [2.24, 2.45) is 0 Å². The molecule has 6 heterocycles. The first-order chi connectivity index (χ1) is 17.2. The fraction of sp³-hybridized carbons (Fsp3) is 0.250. The quantitative estimate of drug-likeness (QED) is 0.413. The molecule has 7 rings (SSSR count). The molecular weight excluding hydrogens is 446 g/mol. The summed E-state index contributed by atoms with van der Waals surface area (Å²) in [4.78, 5) is 24.6. The molecule has 11 nitrogen and oxygen atoms in total. The number of nitrogens with one attached hydrogen (secondary N) is 1. The molecule has 174 valence electrons. The topological polar surface area (TPSA) is 115 Å². The van der Waals surface area contributed by atoms with E-state index >= 15 is 0 Å². The molecule has 0 radical (unpaired) electrons. The second-order valence-electron chi connectivity index (χ2n) is 8.76. The molecule has 2 saturated heterocycles. The van der Waals surface area contributed by atoms with Gasteiger partial charge in [-0.1, -0.05) is 0 Å². The van der Waals surface area contributed by atoms with Gasteiger partial charge < -0.3 is 19.7 Å². The van der Waals surface area contributed by atoms with Gasteiger partial charge in [-0.15, -0.1) is 0 Å². The van der Waals surface area contributed by atoms with E-state index in [-0.39, 0.29) is 6.10 Å². The zero-order valence-electron chi connectivity index (χ0n) is 18.9. The second-order valence-corrected chi connectivity index (χ2v) is 8.76. The van der Waals surface area contributed by atoms with Gasteiger partial charge in [0, 0.05) is 24.5 Å². The summed E-state index contributed by atoms with van der Waals surface area (Å²) in [5, 5.41) is 7.50. The van der Waals surface area contributed by atoms with Crippen molar-refractivity contribution in [1.29, 1.82) is 0 Å². The summed E-state index contributed by atoms with van der Waals surface area (Å²) in [5.74, 6) is 2.77. The number of anilines is 3. The van der Waals surface area contributed by atoms with Crippen molar-refractivity contribution in [2.45, 2.75) is 25.5 Å². The lowest BCUT2D eigenvalue weighted by Crippen LogP contribution is -2.38. The van der Waals surface area contributed by atoms with E-state index in [2.05, 4.69) is 35.3 Å². The molecule has 0 spiro atoms. The van der Waals surface area contributed by atoms with Crippen LogP contribution >= 0.6 is 0 Å². The van der Waals surface area contributed by atoms with Gasteiger partial charge in [-0.25, -0.2) is 29.4 Å². The molecular formula is C24H21N9O2. The molecule has 5 aromatic rings. The molecule has 4 aromatic heterocycles. The van der Waals surface area contributed by atoms with Gasteiger partial charge in [0.1, 0.15) is 35.2 Å². The maximum absolute atomic E-state index is 6.09. The lowest BCUT2D eigenvalue weighted by molar-refractivity contribution is 0.0986. The van der Waals surface area contributed by atoms with Crippen LogP contribution in [0.2, 0.25) is 0 Å². The van der Waals surface area contributed by atoms with Crippen LogP contribution in [-0.4, -0.2) is 59.8 Å². The van der Waals surface area contributed by atoms with Gasteiger partial charge in [0.25, 0.3) is 0 Å². The number of nitrogens with zero attached hydrogens (tertiary/aromatic N) is 8. The molecule has 35 heavy (non-hydrogen) atoms. The van der Waals surface area contributed by atoms with Crippen LogP contribution in [0, 0.1) is 6.92 Å². The van der Waals surface area contributed by atoms with E-state index in [1.807, 2.05) is 43.5 Å². The van der Waals surface area contributed by atoms with Gasteiger partial charge in [0.2, 0.25) is 5.95 Å². The van der Waals surface area contributed by atoms with Crippen LogP contribution < -0.4 is 15.0 Å². The van der Waals surface area contributed by atoms with Gasteiger partial charge in [0.15, 0.2) is 11.5 Å². The number of hydrogen-bond acceptors (Lipinski definition) is 10. The minimum Gasteiger partial charge on any atom is -0.457 e. The van der Waals surface area contributed by atoms with E-state index in [1.54, 1.807) is 10.7 Å². The molecule has 2 aliphatic rings. The molecule has 2 atom stereocenters. The summed E-state index contributed by atoms with van der Waals surface area (Å²) < 4.78 is 13.5. The predicted octanol–water partition coefficient (Wildman–Crippen LogP) is 3.28. The minimum absolute atomic E-state index is 0.269. The number of fused-ring (bicyclic) bond motifs is 4. The van der Waals surface area contributed by atoms with Crippen LogP contribution in [0.4, 0.5) is 17.5 Å². The predicted molar refractivity (Wildman–Crippen MR) is 128 cm³/mol. The Morgan fingerprint density at radius 1 is 1.09 bits per heavy atom. The van der Waals surface area contributed by atoms with Gasteiger partial charge >= 0.3 is 0 Å². The third-order valence-corrected chi connectivity index (χ3v) is 6.44.